The van der Waals surface area contributed by atoms with Gasteiger partial charge in [0.25, 0.3) is 5.91 Å². The lowest BCUT2D eigenvalue weighted by Gasteiger charge is -2.13. The van der Waals surface area contributed by atoms with Crippen molar-refractivity contribution in [3.05, 3.63) is 47.9 Å². The Bertz CT molecular complexity index is 1230. The van der Waals surface area contributed by atoms with E-state index in [-0.39, 0.29) is 23.1 Å². The average molecular weight is 430 g/mol. The Labute approximate surface area is 173 Å². The maximum absolute atomic E-state index is 12.9. The minimum atomic E-state index is -3.62. The molecule has 2 amide bonds. The summed E-state index contributed by atoms with van der Waals surface area (Å²) in [5.74, 6) is -0.157. The van der Waals surface area contributed by atoms with Gasteiger partial charge in [0.1, 0.15) is 5.52 Å². The van der Waals surface area contributed by atoms with Crippen LogP contribution in [0, 0.1) is 0 Å². The molecular formula is C20H22N4O5S. The monoisotopic (exact) mass is 430 g/mol. The highest BCUT2D eigenvalue weighted by Gasteiger charge is 2.17. The molecule has 2 aromatic carbocycles. The number of carbonyl (C=O) groups excluding carboxylic acids is 2. The van der Waals surface area contributed by atoms with Crippen molar-refractivity contribution < 1.29 is 22.4 Å². The van der Waals surface area contributed by atoms with Crippen molar-refractivity contribution >= 4 is 50.0 Å². The van der Waals surface area contributed by atoms with Crippen LogP contribution in [0.3, 0.4) is 0 Å². The van der Waals surface area contributed by atoms with Crippen molar-refractivity contribution in [1.29, 1.82) is 0 Å². The van der Waals surface area contributed by atoms with Crippen molar-refractivity contribution in [2.24, 2.45) is 0 Å². The second kappa shape index (κ2) is 8.15. The van der Waals surface area contributed by atoms with Gasteiger partial charge in [-0.2, -0.15) is 0 Å². The SMILES string of the molecule is CC(=O)Nc1ccc(NS(C)(=O)=O)c(C(=O)Nc2ccc3oc(C(C)C)nc3c2)c1. The molecule has 0 saturated carbocycles. The summed E-state index contributed by atoms with van der Waals surface area (Å²) in [5.41, 5.74) is 2.16. The van der Waals surface area contributed by atoms with Gasteiger partial charge in [-0.3, -0.25) is 14.3 Å². The molecule has 9 nitrogen and oxygen atoms in total. The Hall–Kier alpha value is -3.40. The smallest absolute Gasteiger partial charge is 0.257 e. The highest BCUT2D eigenvalue weighted by molar-refractivity contribution is 7.92. The number of hydrogen-bond acceptors (Lipinski definition) is 6. The quantitative estimate of drug-likeness (QED) is 0.548. The molecule has 3 rings (SSSR count). The van der Waals surface area contributed by atoms with Gasteiger partial charge in [-0.15, -0.1) is 0 Å². The van der Waals surface area contributed by atoms with Crippen molar-refractivity contribution in [1.82, 2.24) is 4.98 Å². The zero-order valence-corrected chi connectivity index (χ0v) is 17.8. The van der Waals surface area contributed by atoms with Crippen LogP contribution in [0.25, 0.3) is 11.1 Å². The average Bonchev–Trinajstić information content (AvgIpc) is 3.05. The summed E-state index contributed by atoms with van der Waals surface area (Å²) in [7, 11) is -3.62. The van der Waals surface area contributed by atoms with Crippen LogP contribution in [-0.4, -0.2) is 31.5 Å². The lowest BCUT2D eigenvalue weighted by atomic mass is 10.1. The third-order valence-electron chi connectivity index (χ3n) is 4.04. The molecule has 158 valence electrons. The van der Waals surface area contributed by atoms with E-state index in [0.717, 1.165) is 6.26 Å². The van der Waals surface area contributed by atoms with E-state index in [2.05, 4.69) is 20.3 Å². The molecular weight excluding hydrogens is 408 g/mol. The number of rotatable bonds is 6. The molecule has 30 heavy (non-hydrogen) atoms. The van der Waals surface area contributed by atoms with Gasteiger partial charge in [0, 0.05) is 24.2 Å². The van der Waals surface area contributed by atoms with Crippen molar-refractivity contribution in [3.8, 4) is 0 Å². The van der Waals surface area contributed by atoms with Gasteiger partial charge in [-0.05, 0) is 36.4 Å². The molecule has 0 saturated heterocycles. The molecule has 3 aromatic rings. The zero-order valence-electron chi connectivity index (χ0n) is 16.9. The first-order valence-corrected chi connectivity index (χ1v) is 11.0. The molecule has 0 unspecified atom stereocenters. The third kappa shape index (κ3) is 5.15. The number of benzene rings is 2. The number of nitrogens with zero attached hydrogens (tertiary/aromatic N) is 1. The molecule has 1 aromatic heterocycles. The number of fused-ring (bicyclic) bond motifs is 1. The molecule has 0 aliphatic heterocycles. The van der Waals surface area contributed by atoms with Crippen LogP contribution in [0.1, 0.15) is 42.9 Å². The Morgan fingerprint density at radius 3 is 2.33 bits per heavy atom. The summed E-state index contributed by atoms with van der Waals surface area (Å²) in [6, 6.07) is 9.35. The molecule has 0 radical (unpaired) electrons. The number of aromatic nitrogens is 1. The van der Waals surface area contributed by atoms with Gasteiger partial charge in [-0.25, -0.2) is 13.4 Å². The zero-order chi connectivity index (χ0) is 22.1. The maximum atomic E-state index is 12.9. The molecule has 1 heterocycles. The van der Waals surface area contributed by atoms with Crippen molar-refractivity contribution in [2.45, 2.75) is 26.7 Å². The minimum absolute atomic E-state index is 0.0507. The van der Waals surface area contributed by atoms with Gasteiger partial charge < -0.3 is 15.1 Å². The molecule has 0 fully saturated rings. The number of nitrogens with one attached hydrogen (secondary N) is 3. The fourth-order valence-electron chi connectivity index (χ4n) is 2.77. The molecule has 0 atom stereocenters. The number of hydrogen-bond donors (Lipinski definition) is 3. The number of amides is 2. The normalized spacial score (nSPS) is 11.5. The van der Waals surface area contributed by atoms with Crippen LogP contribution in [0.5, 0.6) is 0 Å². The Balaban J connectivity index is 1.94. The van der Waals surface area contributed by atoms with Crippen LogP contribution in [-0.2, 0) is 14.8 Å². The number of sulfonamides is 1. The van der Waals surface area contributed by atoms with Crippen LogP contribution in [0.2, 0.25) is 0 Å². The standard InChI is InChI=1S/C20H22N4O5S/c1-11(2)20-23-17-10-14(6-8-18(17)29-20)22-19(26)15-9-13(21-12(3)25)5-7-16(15)24-30(4,27)28/h5-11,24H,1-4H3,(H,21,25)(H,22,26). The minimum Gasteiger partial charge on any atom is -0.440 e. The molecule has 0 bridgehead atoms. The topological polar surface area (TPSA) is 130 Å². The Morgan fingerprint density at radius 2 is 1.70 bits per heavy atom. The molecule has 3 N–H and O–H groups in total. The predicted molar refractivity (Wildman–Crippen MR) is 115 cm³/mol. The maximum Gasteiger partial charge on any atom is 0.257 e. The van der Waals surface area contributed by atoms with Gasteiger partial charge in [0.15, 0.2) is 11.5 Å². The molecule has 0 aliphatic carbocycles. The van der Waals surface area contributed by atoms with Gasteiger partial charge in [0.05, 0.1) is 17.5 Å². The Kier molecular flexibility index (Phi) is 5.79. The van der Waals surface area contributed by atoms with E-state index in [9.17, 15) is 18.0 Å². The van der Waals surface area contributed by atoms with Gasteiger partial charge >= 0.3 is 0 Å². The fraction of sp³-hybridized carbons (Fsp3) is 0.250. The predicted octanol–water partition coefficient (Wildman–Crippen LogP) is 3.53. The van der Waals surface area contributed by atoms with E-state index in [0.29, 0.717) is 28.4 Å². The van der Waals surface area contributed by atoms with E-state index in [1.165, 1.54) is 25.1 Å². The molecule has 0 aliphatic rings. The van der Waals surface area contributed by atoms with Crippen LogP contribution >= 0.6 is 0 Å². The van der Waals surface area contributed by atoms with Crippen LogP contribution < -0.4 is 15.4 Å². The fourth-order valence-corrected chi connectivity index (χ4v) is 3.35. The number of anilines is 3. The summed E-state index contributed by atoms with van der Waals surface area (Å²) in [6.45, 7) is 5.26. The third-order valence-corrected chi connectivity index (χ3v) is 4.63. The lowest BCUT2D eigenvalue weighted by Crippen LogP contribution is -2.18. The highest BCUT2D eigenvalue weighted by atomic mass is 32.2. The van der Waals surface area contributed by atoms with Gasteiger partial charge in [0.2, 0.25) is 15.9 Å². The van der Waals surface area contributed by atoms with Crippen LogP contribution in [0.15, 0.2) is 40.8 Å². The summed E-state index contributed by atoms with van der Waals surface area (Å²) in [4.78, 5) is 28.6. The first-order chi connectivity index (χ1) is 14.0. The first kappa shape index (κ1) is 21.3. The van der Waals surface area contributed by atoms with E-state index >= 15 is 0 Å². The summed E-state index contributed by atoms with van der Waals surface area (Å²) in [5, 5.41) is 5.30. The summed E-state index contributed by atoms with van der Waals surface area (Å²) in [6.07, 6.45) is 0.987. The summed E-state index contributed by atoms with van der Waals surface area (Å²) >= 11 is 0. The highest BCUT2D eigenvalue weighted by Crippen LogP contribution is 2.26. The van der Waals surface area contributed by atoms with E-state index in [4.69, 9.17) is 4.42 Å². The van der Waals surface area contributed by atoms with E-state index in [1.807, 2.05) is 13.8 Å². The number of oxazole rings is 1. The van der Waals surface area contributed by atoms with Crippen molar-refractivity contribution in [2.75, 3.05) is 21.6 Å². The van der Waals surface area contributed by atoms with Crippen molar-refractivity contribution in [3.63, 3.8) is 0 Å². The number of carbonyl (C=O) groups is 2. The second-order valence-corrected chi connectivity index (χ2v) is 8.91. The van der Waals surface area contributed by atoms with Gasteiger partial charge in [-0.1, -0.05) is 13.8 Å². The molecule has 0 spiro atoms. The first-order valence-electron chi connectivity index (χ1n) is 9.13. The lowest BCUT2D eigenvalue weighted by molar-refractivity contribution is -0.114. The summed E-state index contributed by atoms with van der Waals surface area (Å²) < 4.78 is 31.3. The largest absolute Gasteiger partial charge is 0.440 e. The molecule has 10 heteroatoms. The Morgan fingerprint density at radius 1 is 1.03 bits per heavy atom. The van der Waals surface area contributed by atoms with E-state index in [1.54, 1.807) is 18.2 Å². The van der Waals surface area contributed by atoms with E-state index < -0.39 is 15.9 Å². The second-order valence-electron chi connectivity index (χ2n) is 7.16. The van der Waals surface area contributed by atoms with Crippen LogP contribution in [0.4, 0.5) is 17.1 Å².